The molecule has 42 heavy (non-hydrogen) atoms. The highest BCUT2D eigenvalue weighted by molar-refractivity contribution is 7.92. The standard InChI is InChI=1S/C29H33N7O5S/c1-4-12-30-13-14-31-19-27(37)32-20-8-7-9-24(17-20)42(38,39)36-29-28(34-25-10-5-6-11-26(25)35-29)33-21-15-22(40-2)18-23(16-21)41-3/h4-11,15-18,30-31H,1,12-14,19H2,2-3H3,(H,32,37)(H,33,34)(H,35,36). The van der Waals surface area contributed by atoms with Crippen molar-refractivity contribution in [2.45, 2.75) is 4.90 Å². The maximum absolute atomic E-state index is 13.5. The fraction of sp³-hybridized carbons (Fsp3) is 0.207. The van der Waals surface area contributed by atoms with Crippen LogP contribution in [-0.2, 0) is 14.8 Å². The Morgan fingerprint density at radius 2 is 1.52 bits per heavy atom. The van der Waals surface area contributed by atoms with E-state index in [2.05, 4.69) is 42.5 Å². The van der Waals surface area contributed by atoms with Gasteiger partial charge in [0.25, 0.3) is 10.0 Å². The lowest BCUT2D eigenvalue weighted by atomic mass is 10.2. The number of para-hydroxylation sites is 2. The van der Waals surface area contributed by atoms with Crippen molar-refractivity contribution in [3.05, 3.63) is 79.4 Å². The first-order chi connectivity index (χ1) is 20.3. The van der Waals surface area contributed by atoms with Gasteiger partial charge in [-0.15, -0.1) is 6.58 Å². The maximum Gasteiger partial charge on any atom is 0.263 e. The fourth-order valence-electron chi connectivity index (χ4n) is 3.89. The molecule has 4 aromatic rings. The number of rotatable bonds is 15. The van der Waals surface area contributed by atoms with Crippen LogP contribution >= 0.6 is 0 Å². The van der Waals surface area contributed by atoms with E-state index in [0.29, 0.717) is 53.5 Å². The molecule has 0 saturated carbocycles. The predicted molar refractivity (Wildman–Crippen MR) is 164 cm³/mol. The van der Waals surface area contributed by atoms with Gasteiger partial charge in [-0.05, 0) is 30.3 Å². The monoisotopic (exact) mass is 591 g/mol. The van der Waals surface area contributed by atoms with Crippen LogP contribution in [0.2, 0.25) is 0 Å². The summed E-state index contributed by atoms with van der Waals surface area (Å²) in [4.78, 5) is 21.4. The van der Waals surface area contributed by atoms with E-state index < -0.39 is 10.0 Å². The first-order valence-electron chi connectivity index (χ1n) is 13.0. The molecule has 0 unspecified atom stereocenters. The van der Waals surface area contributed by atoms with E-state index in [9.17, 15) is 13.2 Å². The second-order valence-electron chi connectivity index (χ2n) is 8.99. The molecule has 13 heteroatoms. The second-order valence-corrected chi connectivity index (χ2v) is 10.7. The Labute approximate surface area is 244 Å². The number of aromatic nitrogens is 2. The zero-order chi connectivity index (χ0) is 30.0. The molecule has 0 aliphatic heterocycles. The van der Waals surface area contributed by atoms with Crippen LogP contribution in [0.1, 0.15) is 0 Å². The third-order valence-corrected chi connectivity index (χ3v) is 7.23. The minimum Gasteiger partial charge on any atom is -0.497 e. The molecule has 0 bridgehead atoms. The summed E-state index contributed by atoms with van der Waals surface area (Å²) in [6, 6.07) is 18.2. The minimum atomic E-state index is -4.14. The van der Waals surface area contributed by atoms with Gasteiger partial charge in [0, 0.05) is 49.2 Å². The number of methoxy groups -OCH3 is 2. The normalized spacial score (nSPS) is 11.1. The van der Waals surface area contributed by atoms with E-state index in [4.69, 9.17) is 9.47 Å². The molecule has 1 amide bonds. The van der Waals surface area contributed by atoms with Crippen molar-refractivity contribution in [3.8, 4) is 11.5 Å². The summed E-state index contributed by atoms with van der Waals surface area (Å²) in [7, 11) is -1.07. The SMILES string of the molecule is C=CCNCCNCC(=O)Nc1cccc(S(=O)(=O)Nc2nc3ccccc3nc2Nc2cc(OC)cc(OC)c2)c1. The molecule has 5 N–H and O–H groups in total. The van der Waals surface area contributed by atoms with Crippen molar-refractivity contribution < 1.29 is 22.7 Å². The van der Waals surface area contributed by atoms with Gasteiger partial charge in [0.15, 0.2) is 11.6 Å². The van der Waals surface area contributed by atoms with E-state index in [1.807, 2.05) is 6.07 Å². The third-order valence-electron chi connectivity index (χ3n) is 5.90. The number of hydrogen-bond acceptors (Lipinski definition) is 10. The van der Waals surface area contributed by atoms with Crippen molar-refractivity contribution in [1.82, 2.24) is 20.6 Å². The zero-order valence-electron chi connectivity index (χ0n) is 23.3. The topological polar surface area (TPSA) is 156 Å². The predicted octanol–water partition coefficient (Wildman–Crippen LogP) is 3.50. The first-order valence-corrected chi connectivity index (χ1v) is 14.5. The summed E-state index contributed by atoms with van der Waals surface area (Å²) in [5.74, 6) is 0.920. The number of hydrogen-bond donors (Lipinski definition) is 5. The van der Waals surface area contributed by atoms with Gasteiger partial charge in [-0.1, -0.05) is 24.3 Å². The summed E-state index contributed by atoms with van der Waals surface area (Å²) in [6.45, 7) is 5.65. The number of nitrogens with one attached hydrogen (secondary N) is 5. The Morgan fingerprint density at radius 1 is 0.857 bits per heavy atom. The fourth-order valence-corrected chi connectivity index (χ4v) is 4.94. The van der Waals surface area contributed by atoms with Crippen LogP contribution in [0.25, 0.3) is 11.0 Å². The second kappa shape index (κ2) is 14.3. The number of sulfonamides is 1. The zero-order valence-corrected chi connectivity index (χ0v) is 24.1. The highest BCUT2D eigenvalue weighted by Crippen LogP contribution is 2.31. The number of carbonyl (C=O) groups is 1. The summed E-state index contributed by atoms with van der Waals surface area (Å²) < 4.78 is 40.2. The average Bonchev–Trinajstić information content (AvgIpc) is 2.99. The third kappa shape index (κ3) is 8.16. The van der Waals surface area contributed by atoms with E-state index in [1.165, 1.54) is 26.4 Å². The van der Waals surface area contributed by atoms with Crippen molar-refractivity contribution in [2.75, 3.05) is 55.8 Å². The number of ether oxygens (including phenoxy) is 2. The lowest BCUT2D eigenvalue weighted by molar-refractivity contribution is -0.115. The molecule has 220 valence electrons. The van der Waals surface area contributed by atoms with Crippen molar-refractivity contribution in [3.63, 3.8) is 0 Å². The van der Waals surface area contributed by atoms with Crippen molar-refractivity contribution in [1.29, 1.82) is 0 Å². The Morgan fingerprint density at radius 3 is 2.19 bits per heavy atom. The molecule has 0 radical (unpaired) electrons. The van der Waals surface area contributed by atoms with Crippen LogP contribution in [0.4, 0.5) is 23.0 Å². The summed E-state index contributed by atoms with van der Waals surface area (Å²) in [6.07, 6.45) is 1.75. The van der Waals surface area contributed by atoms with Crippen LogP contribution in [0.15, 0.2) is 84.3 Å². The van der Waals surface area contributed by atoms with Crippen LogP contribution in [0.5, 0.6) is 11.5 Å². The van der Waals surface area contributed by atoms with E-state index >= 15 is 0 Å². The maximum atomic E-state index is 13.5. The summed E-state index contributed by atoms with van der Waals surface area (Å²) in [5.41, 5.74) is 1.94. The Kier molecular flexibility index (Phi) is 10.3. The average molecular weight is 592 g/mol. The van der Waals surface area contributed by atoms with Gasteiger partial charge in [-0.2, -0.15) is 0 Å². The van der Waals surface area contributed by atoms with Gasteiger partial charge in [-0.25, -0.2) is 18.4 Å². The molecule has 12 nitrogen and oxygen atoms in total. The first kappa shape index (κ1) is 30.2. The lowest BCUT2D eigenvalue weighted by Crippen LogP contribution is -2.33. The van der Waals surface area contributed by atoms with Crippen LogP contribution in [-0.4, -0.2) is 64.7 Å². The molecule has 0 atom stereocenters. The van der Waals surface area contributed by atoms with Crippen LogP contribution in [0.3, 0.4) is 0 Å². The van der Waals surface area contributed by atoms with E-state index in [1.54, 1.807) is 54.6 Å². The van der Waals surface area contributed by atoms with Crippen LogP contribution in [0, 0.1) is 0 Å². The molecular weight excluding hydrogens is 558 g/mol. The molecule has 1 heterocycles. The number of fused-ring (bicyclic) bond motifs is 1. The molecule has 0 aliphatic carbocycles. The molecule has 0 aliphatic rings. The van der Waals surface area contributed by atoms with Crippen LogP contribution < -0.4 is 35.5 Å². The number of amides is 1. The highest BCUT2D eigenvalue weighted by Gasteiger charge is 2.20. The quantitative estimate of drug-likeness (QED) is 0.102. The number of benzene rings is 3. The van der Waals surface area contributed by atoms with Gasteiger partial charge in [-0.3, -0.25) is 9.52 Å². The molecule has 1 aromatic heterocycles. The Hall–Kier alpha value is -4.72. The van der Waals surface area contributed by atoms with Gasteiger partial charge >= 0.3 is 0 Å². The number of nitrogens with zero attached hydrogens (tertiary/aromatic N) is 2. The Balaban J connectivity index is 1.55. The van der Waals surface area contributed by atoms with E-state index in [0.717, 1.165) is 0 Å². The van der Waals surface area contributed by atoms with Gasteiger partial charge in [0.2, 0.25) is 5.91 Å². The van der Waals surface area contributed by atoms with Gasteiger partial charge < -0.3 is 30.7 Å². The largest absolute Gasteiger partial charge is 0.497 e. The van der Waals surface area contributed by atoms with Gasteiger partial charge in [0.05, 0.1) is 36.7 Å². The summed E-state index contributed by atoms with van der Waals surface area (Å²) >= 11 is 0. The Bertz CT molecular complexity index is 1640. The van der Waals surface area contributed by atoms with Crippen molar-refractivity contribution in [2.24, 2.45) is 0 Å². The highest BCUT2D eigenvalue weighted by atomic mass is 32.2. The van der Waals surface area contributed by atoms with Gasteiger partial charge in [0.1, 0.15) is 11.5 Å². The molecule has 4 rings (SSSR count). The summed E-state index contributed by atoms with van der Waals surface area (Å²) in [5, 5.41) is 12.0. The minimum absolute atomic E-state index is 0.0146. The smallest absolute Gasteiger partial charge is 0.263 e. The molecule has 0 spiro atoms. The van der Waals surface area contributed by atoms with Crippen molar-refractivity contribution >= 4 is 50.0 Å². The lowest BCUT2D eigenvalue weighted by Gasteiger charge is -2.15. The number of anilines is 4. The molecule has 0 saturated heterocycles. The molecular formula is C29H33N7O5S. The molecule has 0 fully saturated rings. The number of carbonyl (C=O) groups excluding carboxylic acids is 1. The van der Waals surface area contributed by atoms with E-state index in [-0.39, 0.29) is 29.0 Å². The molecule has 3 aromatic carbocycles.